The van der Waals surface area contributed by atoms with Crippen LogP contribution in [-0.4, -0.2) is 36.4 Å². The first-order valence-electron chi connectivity index (χ1n) is 7.70. The number of benzene rings is 1. The van der Waals surface area contributed by atoms with Gasteiger partial charge in [-0.1, -0.05) is 13.3 Å². The van der Waals surface area contributed by atoms with Crippen molar-refractivity contribution >= 4 is 21.1 Å². The third-order valence-electron chi connectivity index (χ3n) is 4.52. The Balaban J connectivity index is 1.97. The van der Waals surface area contributed by atoms with Crippen LogP contribution in [-0.2, 0) is 17.1 Å². The predicted molar refractivity (Wildman–Crippen MR) is 86.6 cm³/mol. The van der Waals surface area contributed by atoms with Gasteiger partial charge in [-0.15, -0.1) is 0 Å². The molecule has 7 nitrogen and oxygen atoms in total. The Morgan fingerprint density at radius 2 is 2.09 bits per heavy atom. The van der Waals surface area contributed by atoms with E-state index in [0.717, 1.165) is 12.8 Å². The number of sulfonamides is 1. The molecule has 1 aliphatic rings. The summed E-state index contributed by atoms with van der Waals surface area (Å²) in [4.78, 5) is 11.7. The fourth-order valence-electron chi connectivity index (χ4n) is 3.14. The Kier molecular flexibility index (Phi) is 4.07. The minimum atomic E-state index is -3.63. The maximum atomic E-state index is 12.8. The molecule has 23 heavy (non-hydrogen) atoms. The highest BCUT2D eigenvalue weighted by Gasteiger charge is 2.37. The highest BCUT2D eigenvalue weighted by molar-refractivity contribution is 7.89. The summed E-state index contributed by atoms with van der Waals surface area (Å²) in [7, 11) is -2.08. The molecule has 0 aliphatic carbocycles. The minimum absolute atomic E-state index is 0.133. The molecule has 0 saturated carbocycles. The second-order valence-electron chi connectivity index (χ2n) is 6.09. The first kappa shape index (κ1) is 16.2. The van der Waals surface area contributed by atoms with Gasteiger partial charge in [0.25, 0.3) is 0 Å². The zero-order valence-corrected chi connectivity index (χ0v) is 14.0. The van der Waals surface area contributed by atoms with E-state index in [2.05, 4.69) is 6.92 Å². The first-order valence-corrected chi connectivity index (χ1v) is 9.14. The van der Waals surface area contributed by atoms with Crippen LogP contribution in [0.4, 0.5) is 0 Å². The molecule has 1 saturated heterocycles. The lowest BCUT2D eigenvalue weighted by Gasteiger charge is -2.16. The number of rotatable bonds is 4. The quantitative estimate of drug-likeness (QED) is 0.891. The molecule has 2 heterocycles. The van der Waals surface area contributed by atoms with Crippen LogP contribution in [0.2, 0.25) is 0 Å². The van der Waals surface area contributed by atoms with Crippen molar-refractivity contribution in [2.24, 2.45) is 18.7 Å². The van der Waals surface area contributed by atoms with E-state index >= 15 is 0 Å². The molecule has 3 rings (SSSR count). The molecule has 0 radical (unpaired) electrons. The van der Waals surface area contributed by atoms with Crippen molar-refractivity contribution in [2.45, 2.75) is 30.7 Å². The summed E-state index contributed by atoms with van der Waals surface area (Å²) in [5.74, 6) is -0.322. The number of hydrogen-bond donors (Lipinski definition) is 1. The van der Waals surface area contributed by atoms with Crippen molar-refractivity contribution in [1.29, 1.82) is 0 Å². The minimum Gasteiger partial charge on any atom is -0.408 e. The van der Waals surface area contributed by atoms with Gasteiger partial charge in [0.15, 0.2) is 5.58 Å². The predicted octanol–water partition coefficient (Wildman–Crippen LogP) is 0.879. The third-order valence-corrected chi connectivity index (χ3v) is 6.35. The standard InChI is InChI=1S/C15H21N3O4S/c1-3-4-10-8-18(9-12(10)16)23(20,21)11-5-6-14-13(7-11)17(2)15(19)22-14/h5-7,10,12H,3-4,8-9,16H2,1-2H3/t10-,12-/m0/s1. The van der Waals surface area contributed by atoms with Crippen LogP contribution in [0.25, 0.3) is 11.1 Å². The van der Waals surface area contributed by atoms with Gasteiger partial charge in [-0.3, -0.25) is 4.57 Å². The Morgan fingerprint density at radius 3 is 2.78 bits per heavy atom. The van der Waals surface area contributed by atoms with Gasteiger partial charge >= 0.3 is 5.76 Å². The molecular formula is C15H21N3O4S. The molecule has 1 aromatic heterocycles. The second kappa shape index (κ2) is 5.77. The van der Waals surface area contributed by atoms with Gasteiger partial charge < -0.3 is 10.2 Å². The normalized spacial score (nSPS) is 22.9. The monoisotopic (exact) mass is 339 g/mol. The van der Waals surface area contributed by atoms with Crippen LogP contribution in [0.15, 0.2) is 32.3 Å². The number of aromatic nitrogens is 1. The molecule has 126 valence electrons. The number of nitrogens with two attached hydrogens (primary N) is 1. The van der Waals surface area contributed by atoms with Crippen LogP contribution < -0.4 is 11.5 Å². The van der Waals surface area contributed by atoms with Crippen molar-refractivity contribution < 1.29 is 12.8 Å². The lowest BCUT2D eigenvalue weighted by Crippen LogP contribution is -2.32. The van der Waals surface area contributed by atoms with Gasteiger partial charge in [-0.25, -0.2) is 13.2 Å². The van der Waals surface area contributed by atoms with Gasteiger partial charge in [0.05, 0.1) is 10.4 Å². The second-order valence-corrected chi connectivity index (χ2v) is 8.03. The van der Waals surface area contributed by atoms with E-state index in [1.54, 1.807) is 7.05 Å². The third kappa shape index (κ3) is 2.71. The summed E-state index contributed by atoms with van der Waals surface area (Å²) in [6.45, 7) is 2.84. The van der Waals surface area contributed by atoms with Crippen molar-refractivity contribution in [3.8, 4) is 0 Å². The summed E-state index contributed by atoms with van der Waals surface area (Å²) in [5, 5.41) is 0. The smallest absolute Gasteiger partial charge is 0.408 e. The number of fused-ring (bicyclic) bond motifs is 1. The molecule has 0 bridgehead atoms. The molecule has 2 atom stereocenters. The van der Waals surface area contributed by atoms with E-state index in [1.165, 1.54) is 27.1 Å². The first-order chi connectivity index (χ1) is 10.8. The van der Waals surface area contributed by atoms with E-state index in [-0.39, 0.29) is 16.9 Å². The van der Waals surface area contributed by atoms with Crippen LogP contribution >= 0.6 is 0 Å². The summed E-state index contributed by atoms with van der Waals surface area (Å²) < 4.78 is 33.5. The van der Waals surface area contributed by atoms with Gasteiger partial charge in [0, 0.05) is 26.2 Å². The average molecular weight is 339 g/mol. The maximum absolute atomic E-state index is 12.8. The fourth-order valence-corrected chi connectivity index (χ4v) is 4.70. The number of nitrogens with zero attached hydrogens (tertiary/aromatic N) is 2. The molecule has 2 N–H and O–H groups in total. The van der Waals surface area contributed by atoms with E-state index < -0.39 is 15.8 Å². The number of aryl methyl sites for hydroxylation is 1. The molecule has 1 fully saturated rings. The number of hydrogen-bond acceptors (Lipinski definition) is 5. The van der Waals surface area contributed by atoms with E-state index in [4.69, 9.17) is 10.2 Å². The summed E-state index contributed by atoms with van der Waals surface area (Å²) in [5.41, 5.74) is 6.92. The summed E-state index contributed by atoms with van der Waals surface area (Å²) in [6, 6.07) is 4.34. The van der Waals surface area contributed by atoms with Crippen molar-refractivity contribution in [2.75, 3.05) is 13.1 Å². The van der Waals surface area contributed by atoms with E-state index in [0.29, 0.717) is 24.2 Å². The van der Waals surface area contributed by atoms with Crippen LogP contribution in [0.5, 0.6) is 0 Å². The molecule has 0 amide bonds. The van der Waals surface area contributed by atoms with Gasteiger partial charge in [-0.2, -0.15) is 4.31 Å². The average Bonchev–Trinajstić information content (AvgIpc) is 3.01. The molecule has 8 heteroatoms. The largest absolute Gasteiger partial charge is 0.419 e. The Bertz CT molecular complexity index is 884. The topological polar surface area (TPSA) is 98.5 Å². The van der Waals surface area contributed by atoms with Crippen molar-refractivity contribution in [3.63, 3.8) is 0 Å². The van der Waals surface area contributed by atoms with Crippen molar-refractivity contribution in [3.05, 3.63) is 28.7 Å². The SMILES string of the molecule is CCC[C@H]1CN(S(=O)(=O)c2ccc3oc(=O)n(C)c3c2)C[C@@H]1N. The molecule has 0 unspecified atom stereocenters. The molecule has 1 aromatic carbocycles. The lowest BCUT2D eigenvalue weighted by atomic mass is 9.99. The summed E-state index contributed by atoms with van der Waals surface area (Å²) >= 11 is 0. The van der Waals surface area contributed by atoms with Gasteiger partial charge in [-0.05, 0) is 30.5 Å². The lowest BCUT2D eigenvalue weighted by molar-refractivity contribution is 0.439. The fraction of sp³-hybridized carbons (Fsp3) is 0.533. The molecule has 2 aromatic rings. The molecule has 0 spiro atoms. The highest BCUT2D eigenvalue weighted by Crippen LogP contribution is 2.27. The summed E-state index contributed by atoms with van der Waals surface area (Å²) in [6.07, 6.45) is 1.90. The van der Waals surface area contributed by atoms with Gasteiger partial charge in [0.1, 0.15) is 0 Å². The zero-order valence-electron chi connectivity index (χ0n) is 13.2. The van der Waals surface area contributed by atoms with Gasteiger partial charge in [0.2, 0.25) is 10.0 Å². The zero-order chi connectivity index (χ0) is 16.8. The Hall–Kier alpha value is -1.64. The maximum Gasteiger partial charge on any atom is 0.419 e. The van der Waals surface area contributed by atoms with Crippen LogP contribution in [0.3, 0.4) is 0 Å². The highest BCUT2D eigenvalue weighted by atomic mass is 32.2. The van der Waals surface area contributed by atoms with Crippen LogP contribution in [0, 0.1) is 5.92 Å². The molecule has 1 aliphatic heterocycles. The van der Waals surface area contributed by atoms with E-state index in [9.17, 15) is 13.2 Å². The Morgan fingerprint density at radius 1 is 1.35 bits per heavy atom. The molecular weight excluding hydrogens is 318 g/mol. The van der Waals surface area contributed by atoms with E-state index in [1.807, 2.05) is 0 Å². The van der Waals surface area contributed by atoms with Crippen molar-refractivity contribution in [1.82, 2.24) is 8.87 Å². The Labute approximate surface area is 134 Å². The number of oxazole rings is 1. The van der Waals surface area contributed by atoms with Crippen LogP contribution in [0.1, 0.15) is 19.8 Å².